The molecule has 0 heterocycles. The van der Waals surface area contributed by atoms with E-state index in [4.69, 9.17) is 10.5 Å². The summed E-state index contributed by atoms with van der Waals surface area (Å²) < 4.78 is 5.61. The van der Waals surface area contributed by atoms with Gasteiger partial charge in [-0.15, -0.1) is 0 Å². The highest BCUT2D eigenvalue weighted by atomic mass is 16.5. The van der Waals surface area contributed by atoms with Gasteiger partial charge in [-0.3, -0.25) is 9.59 Å². The van der Waals surface area contributed by atoms with Gasteiger partial charge in [0.2, 0.25) is 0 Å². The van der Waals surface area contributed by atoms with Gasteiger partial charge >= 0.3 is 0 Å². The van der Waals surface area contributed by atoms with Gasteiger partial charge in [-0.25, -0.2) is 0 Å². The molecule has 0 aromatic heterocycles. The first kappa shape index (κ1) is 16.5. The van der Waals surface area contributed by atoms with Gasteiger partial charge in [0.05, 0.1) is 11.3 Å². The molecule has 2 amide bonds. The van der Waals surface area contributed by atoms with Crippen LogP contribution in [0.1, 0.15) is 28.4 Å². The average Bonchev–Trinajstić information content (AvgIpc) is 2.49. The lowest BCUT2D eigenvalue weighted by Gasteiger charge is -2.16. The summed E-state index contributed by atoms with van der Waals surface area (Å²) in [4.78, 5) is 23.8. The molecule has 0 radical (unpaired) electrons. The lowest BCUT2D eigenvalue weighted by atomic mass is 10.1. The minimum Gasteiger partial charge on any atom is -0.481 e. The highest BCUT2D eigenvalue weighted by Gasteiger charge is 2.18. The van der Waals surface area contributed by atoms with E-state index in [9.17, 15) is 9.59 Å². The molecule has 0 aliphatic rings. The number of anilines is 1. The summed E-state index contributed by atoms with van der Waals surface area (Å²) in [7, 11) is 0. The fraction of sp³-hybridized carbons (Fsp3) is 0.222. The third kappa shape index (κ3) is 4.10. The summed E-state index contributed by atoms with van der Waals surface area (Å²) >= 11 is 0. The smallest absolute Gasteiger partial charge is 0.265 e. The first-order valence-corrected chi connectivity index (χ1v) is 7.32. The Kier molecular flexibility index (Phi) is 5.01. The fourth-order valence-electron chi connectivity index (χ4n) is 2.21. The van der Waals surface area contributed by atoms with Crippen LogP contribution in [0.5, 0.6) is 5.75 Å². The molecule has 2 aromatic rings. The highest BCUT2D eigenvalue weighted by Crippen LogP contribution is 2.20. The number of nitrogens with one attached hydrogen (secondary N) is 1. The van der Waals surface area contributed by atoms with Crippen LogP contribution in [0.3, 0.4) is 0 Å². The van der Waals surface area contributed by atoms with E-state index in [-0.39, 0.29) is 5.91 Å². The summed E-state index contributed by atoms with van der Waals surface area (Å²) in [5, 5.41) is 2.70. The van der Waals surface area contributed by atoms with E-state index in [0.717, 1.165) is 5.56 Å². The lowest BCUT2D eigenvalue weighted by Crippen LogP contribution is -2.31. The predicted molar refractivity (Wildman–Crippen MR) is 89.6 cm³/mol. The second-order valence-electron chi connectivity index (χ2n) is 5.42. The van der Waals surface area contributed by atoms with Crippen molar-refractivity contribution < 1.29 is 14.3 Å². The Labute approximate surface area is 135 Å². The van der Waals surface area contributed by atoms with E-state index in [1.54, 1.807) is 44.2 Å². The molecule has 23 heavy (non-hydrogen) atoms. The van der Waals surface area contributed by atoms with Crippen LogP contribution in [-0.2, 0) is 4.79 Å². The quantitative estimate of drug-likeness (QED) is 0.890. The van der Waals surface area contributed by atoms with E-state index in [0.29, 0.717) is 22.6 Å². The lowest BCUT2D eigenvalue weighted by molar-refractivity contribution is -0.122. The molecule has 120 valence electrons. The summed E-state index contributed by atoms with van der Waals surface area (Å²) in [5.74, 6) is -0.318. The van der Waals surface area contributed by atoms with Gasteiger partial charge in [0, 0.05) is 0 Å². The predicted octanol–water partition coefficient (Wildman–Crippen LogP) is 2.81. The number of primary amides is 1. The monoisotopic (exact) mass is 312 g/mol. The summed E-state index contributed by atoms with van der Waals surface area (Å²) in [6, 6.07) is 12.6. The van der Waals surface area contributed by atoms with Gasteiger partial charge < -0.3 is 15.8 Å². The van der Waals surface area contributed by atoms with Crippen LogP contribution in [0, 0.1) is 13.8 Å². The van der Waals surface area contributed by atoms with Crippen molar-refractivity contribution in [2.24, 2.45) is 5.73 Å². The number of rotatable bonds is 5. The van der Waals surface area contributed by atoms with Gasteiger partial charge in [-0.1, -0.05) is 29.8 Å². The zero-order valence-corrected chi connectivity index (χ0v) is 13.4. The molecule has 5 heteroatoms. The molecular formula is C18H20N2O3. The van der Waals surface area contributed by atoms with Crippen molar-refractivity contribution in [2.75, 3.05) is 5.32 Å². The zero-order valence-electron chi connectivity index (χ0n) is 13.4. The molecule has 0 aliphatic carbocycles. The third-order valence-corrected chi connectivity index (χ3v) is 3.48. The number of aryl methyl sites for hydroxylation is 2. The van der Waals surface area contributed by atoms with Crippen LogP contribution in [0.2, 0.25) is 0 Å². The van der Waals surface area contributed by atoms with Crippen LogP contribution in [0.25, 0.3) is 0 Å². The molecule has 0 bridgehead atoms. The molecule has 0 saturated carbocycles. The number of ether oxygens (including phenoxy) is 1. The minimum absolute atomic E-state index is 0.309. The number of hydrogen-bond donors (Lipinski definition) is 2. The maximum absolute atomic E-state index is 12.3. The third-order valence-electron chi connectivity index (χ3n) is 3.48. The molecule has 0 fully saturated rings. The van der Waals surface area contributed by atoms with Crippen molar-refractivity contribution in [1.29, 1.82) is 0 Å². The molecule has 3 N–H and O–H groups in total. The summed E-state index contributed by atoms with van der Waals surface area (Å²) in [5.41, 5.74) is 7.90. The number of benzene rings is 2. The van der Waals surface area contributed by atoms with Crippen LogP contribution >= 0.6 is 0 Å². The molecule has 0 saturated heterocycles. The number of amides is 2. The van der Waals surface area contributed by atoms with E-state index < -0.39 is 12.0 Å². The van der Waals surface area contributed by atoms with Crippen LogP contribution in [-0.4, -0.2) is 17.9 Å². The van der Waals surface area contributed by atoms with Gasteiger partial charge in [0.25, 0.3) is 11.8 Å². The van der Waals surface area contributed by atoms with Crippen LogP contribution < -0.4 is 15.8 Å². The summed E-state index contributed by atoms with van der Waals surface area (Å²) in [6.07, 6.45) is -0.709. The Balaban J connectivity index is 2.11. The maximum atomic E-state index is 12.3. The first-order valence-electron chi connectivity index (χ1n) is 7.32. The number of nitrogens with two attached hydrogens (primary N) is 1. The molecule has 0 spiro atoms. The van der Waals surface area contributed by atoms with E-state index in [1.165, 1.54) is 0 Å². The van der Waals surface area contributed by atoms with Gasteiger partial charge in [0.15, 0.2) is 6.10 Å². The fourth-order valence-corrected chi connectivity index (χ4v) is 2.21. The first-order chi connectivity index (χ1) is 10.9. The zero-order chi connectivity index (χ0) is 17.0. The Morgan fingerprint density at radius 1 is 1.09 bits per heavy atom. The standard InChI is InChI=1S/C18H20N2O3/c1-11-7-9-14(10-8-11)23-13(3)18(22)20-15-6-4-5-12(2)16(15)17(19)21/h4-10,13H,1-3H3,(H2,19,21)(H,20,22). The highest BCUT2D eigenvalue weighted by molar-refractivity contribution is 6.04. The van der Waals surface area contributed by atoms with Crippen molar-refractivity contribution in [3.05, 3.63) is 59.2 Å². The van der Waals surface area contributed by atoms with E-state index in [2.05, 4.69) is 5.32 Å². The van der Waals surface area contributed by atoms with E-state index >= 15 is 0 Å². The Hall–Kier alpha value is -2.82. The van der Waals surface area contributed by atoms with Gasteiger partial charge in [-0.2, -0.15) is 0 Å². The molecular weight excluding hydrogens is 292 g/mol. The van der Waals surface area contributed by atoms with Crippen LogP contribution in [0.4, 0.5) is 5.69 Å². The number of carbonyl (C=O) groups excluding carboxylic acids is 2. The largest absolute Gasteiger partial charge is 0.481 e. The number of hydrogen-bond acceptors (Lipinski definition) is 3. The average molecular weight is 312 g/mol. The van der Waals surface area contributed by atoms with Crippen molar-refractivity contribution in [2.45, 2.75) is 26.9 Å². The molecule has 1 atom stereocenters. The van der Waals surface area contributed by atoms with Crippen molar-refractivity contribution in [3.63, 3.8) is 0 Å². The Bertz CT molecular complexity index is 724. The molecule has 2 rings (SSSR count). The number of carbonyl (C=O) groups is 2. The molecule has 0 aliphatic heterocycles. The molecule has 5 nitrogen and oxygen atoms in total. The Morgan fingerprint density at radius 2 is 1.74 bits per heavy atom. The van der Waals surface area contributed by atoms with Gasteiger partial charge in [-0.05, 0) is 44.5 Å². The van der Waals surface area contributed by atoms with Gasteiger partial charge in [0.1, 0.15) is 5.75 Å². The minimum atomic E-state index is -0.709. The second kappa shape index (κ2) is 6.96. The molecule has 1 unspecified atom stereocenters. The SMILES string of the molecule is Cc1ccc(OC(C)C(=O)Nc2cccc(C)c2C(N)=O)cc1. The topological polar surface area (TPSA) is 81.4 Å². The second-order valence-corrected chi connectivity index (χ2v) is 5.42. The van der Waals surface area contributed by atoms with Crippen LogP contribution in [0.15, 0.2) is 42.5 Å². The summed E-state index contributed by atoms with van der Waals surface area (Å²) in [6.45, 7) is 5.39. The van der Waals surface area contributed by atoms with Crippen molar-refractivity contribution in [1.82, 2.24) is 0 Å². The normalized spacial score (nSPS) is 11.6. The molecule has 2 aromatic carbocycles. The Morgan fingerprint density at radius 3 is 2.35 bits per heavy atom. The van der Waals surface area contributed by atoms with Crippen molar-refractivity contribution >= 4 is 17.5 Å². The maximum Gasteiger partial charge on any atom is 0.265 e. The van der Waals surface area contributed by atoms with Crippen molar-refractivity contribution in [3.8, 4) is 5.75 Å². The van der Waals surface area contributed by atoms with E-state index in [1.807, 2.05) is 19.1 Å².